The smallest absolute Gasteiger partial charge is 0.243 e. The Kier molecular flexibility index (Phi) is 11.9. The van der Waals surface area contributed by atoms with E-state index in [0.717, 1.165) is 11.8 Å². The average molecular weight is 598 g/mol. The number of halogens is 1. The third-order valence-corrected chi connectivity index (χ3v) is 8.28. The fraction of sp³-hybridized carbons (Fsp3) is 0.375. The monoisotopic (exact) mass is 597 g/mol. The van der Waals surface area contributed by atoms with E-state index in [1.54, 1.807) is 42.5 Å². The van der Waals surface area contributed by atoms with Gasteiger partial charge < -0.3 is 15.0 Å². The number of carbonyl (C=O) groups is 2. The van der Waals surface area contributed by atoms with Gasteiger partial charge in [0.1, 0.15) is 17.6 Å². The van der Waals surface area contributed by atoms with Crippen molar-refractivity contribution < 1.29 is 27.1 Å². The molecule has 0 heterocycles. The van der Waals surface area contributed by atoms with Crippen LogP contribution >= 0.6 is 0 Å². The van der Waals surface area contributed by atoms with Crippen molar-refractivity contribution in [1.82, 2.24) is 10.2 Å². The zero-order valence-corrected chi connectivity index (χ0v) is 25.4. The van der Waals surface area contributed by atoms with Gasteiger partial charge in [0.2, 0.25) is 21.8 Å². The molecular weight excluding hydrogens is 557 g/mol. The number of nitrogens with one attached hydrogen (secondary N) is 1. The van der Waals surface area contributed by atoms with Gasteiger partial charge >= 0.3 is 0 Å². The predicted molar refractivity (Wildman–Crippen MR) is 163 cm³/mol. The number of ether oxygens (including phenoxy) is 1. The second-order valence-electron chi connectivity index (χ2n) is 10.3. The summed E-state index contributed by atoms with van der Waals surface area (Å²) in [4.78, 5) is 28.9. The maximum Gasteiger partial charge on any atom is 0.243 e. The first kappa shape index (κ1) is 32.6. The highest BCUT2D eigenvalue weighted by atomic mass is 32.2. The van der Waals surface area contributed by atoms with Crippen LogP contribution in [0.3, 0.4) is 0 Å². The Hall–Kier alpha value is -3.92. The quantitative estimate of drug-likeness (QED) is 0.268. The Morgan fingerprint density at radius 2 is 1.62 bits per heavy atom. The summed E-state index contributed by atoms with van der Waals surface area (Å²) in [5.41, 5.74) is 1.59. The minimum absolute atomic E-state index is 0.0431. The molecule has 0 aliphatic carbocycles. The molecule has 3 aromatic carbocycles. The lowest BCUT2D eigenvalue weighted by Crippen LogP contribution is -2.52. The first-order chi connectivity index (χ1) is 20.0. The molecule has 8 nitrogen and oxygen atoms in total. The first-order valence-corrected chi connectivity index (χ1v) is 15.9. The molecule has 0 aromatic heterocycles. The molecule has 2 atom stereocenters. The topological polar surface area (TPSA) is 96.0 Å². The van der Waals surface area contributed by atoms with E-state index in [9.17, 15) is 22.4 Å². The summed E-state index contributed by atoms with van der Waals surface area (Å²) in [7, 11) is -2.12. The van der Waals surface area contributed by atoms with Gasteiger partial charge in [-0.15, -0.1) is 0 Å². The number of nitrogens with zero attached hydrogens (tertiary/aromatic N) is 2. The normalized spacial score (nSPS) is 12.7. The van der Waals surface area contributed by atoms with Crippen LogP contribution in [0.1, 0.15) is 44.2 Å². The van der Waals surface area contributed by atoms with Crippen LogP contribution in [-0.2, 0) is 32.6 Å². The van der Waals surface area contributed by atoms with Gasteiger partial charge in [-0.25, -0.2) is 12.8 Å². The average Bonchev–Trinajstić information content (AvgIpc) is 2.97. The summed E-state index contributed by atoms with van der Waals surface area (Å²) in [6.07, 6.45) is 2.20. The fourth-order valence-corrected chi connectivity index (χ4v) is 5.52. The molecule has 0 aliphatic heterocycles. The van der Waals surface area contributed by atoms with Crippen LogP contribution in [0, 0.1) is 5.82 Å². The maximum atomic E-state index is 14.8. The summed E-state index contributed by atoms with van der Waals surface area (Å²) in [5.74, 6) is -0.583. The molecule has 3 rings (SSSR count). The summed E-state index contributed by atoms with van der Waals surface area (Å²) in [6, 6.07) is 21.1. The SMILES string of the molecule is CC[C@@H](C)NC(=O)[C@@H](Cc1ccccc1)N(Cc1ccccc1F)C(=O)CCCN(c1ccc(OC)cc1)S(C)(=O)=O. The number of benzene rings is 3. The van der Waals surface area contributed by atoms with Crippen molar-refractivity contribution in [2.45, 2.75) is 58.2 Å². The molecule has 226 valence electrons. The lowest BCUT2D eigenvalue weighted by Gasteiger charge is -2.33. The largest absolute Gasteiger partial charge is 0.497 e. The Balaban J connectivity index is 1.89. The number of hydrogen-bond donors (Lipinski definition) is 1. The predicted octanol–water partition coefficient (Wildman–Crippen LogP) is 4.94. The molecule has 0 spiro atoms. The second-order valence-corrected chi connectivity index (χ2v) is 12.2. The first-order valence-electron chi connectivity index (χ1n) is 14.0. The molecule has 1 N–H and O–H groups in total. The molecule has 42 heavy (non-hydrogen) atoms. The molecule has 0 saturated carbocycles. The van der Waals surface area contributed by atoms with E-state index < -0.39 is 21.9 Å². The molecule has 0 unspecified atom stereocenters. The molecule has 0 aliphatic rings. The molecule has 2 amide bonds. The van der Waals surface area contributed by atoms with Crippen LogP contribution in [0.5, 0.6) is 5.75 Å². The number of hydrogen-bond acceptors (Lipinski definition) is 5. The van der Waals surface area contributed by atoms with Crippen molar-refractivity contribution in [2.75, 3.05) is 24.2 Å². The molecule has 3 aromatic rings. The van der Waals surface area contributed by atoms with Crippen LogP contribution in [0.4, 0.5) is 10.1 Å². The highest BCUT2D eigenvalue weighted by molar-refractivity contribution is 7.92. The maximum absolute atomic E-state index is 14.8. The molecule has 10 heteroatoms. The van der Waals surface area contributed by atoms with Gasteiger partial charge in [0.15, 0.2) is 0 Å². The van der Waals surface area contributed by atoms with Gasteiger partial charge in [0.05, 0.1) is 19.1 Å². The summed E-state index contributed by atoms with van der Waals surface area (Å²) in [6.45, 7) is 3.78. The van der Waals surface area contributed by atoms with Crippen molar-refractivity contribution in [1.29, 1.82) is 0 Å². The second kappa shape index (κ2) is 15.3. The Bertz CT molecular complexity index is 1420. The molecule has 0 fully saturated rings. The van der Waals surface area contributed by atoms with Gasteiger partial charge in [-0.1, -0.05) is 55.5 Å². The molecule has 0 radical (unpaired) electrons. The van der Waals surface area contributed by atoms with Crippen LogP contribution in [0.2, 0.25) is 0 Å². The van der Waals surface area contributed by atoms with E-state index in [1.807, 2.05) is 44.2 Å². The van der Waals surface area contributed by atoms with Crippen molar-refractivity contribution in [2.24, 2.45) is 0 Å². The minimum Gasteiger partial charge on any atom is -0.497 e. The Labute approximate surface area is 248 Å². The highest BCUT2D eigenvalue weighted by Gasteiger charge is 2.31. The lowest BCUT2D eigenvalue weighted by molar-refractivity contribution is -0.141. The zero-order chi connectivity index (χ0) is 30.7. The van der Waals surface area contributed by atoms with Crippen LogP contribution in [0.25, 0.3) is 0 Å². The molecule has 0 bridgehead atoms. The number of carbonyl (C=O) groups excluding carboxylic acids is 2. The zero-order valence-electron chi connectivity index (χ0n) is 24.6. The molecule has 0 saturated heterocycles. The van der Waals surface area contributed by atoms with Crippen LogP contribution < -0.4 is 14.4 Å². The van der Waals surface area contributed by atoms with Gasteiger partial charge in [0, 0.05) is 37.5 Å². The summed E-state index contributed by atoms with van der Waals surface area (Å²) >= 11 is 0. The lowest BCUT2D eigenvalue weighted by atomic mass is 10.0. The van der Waals surface area contributed by atoms with E-state index >= 15 is 0 Å². The van der Waals surface area contributed by atoms with Gasteiger partial charge in [-0.05, 0) is 55.7 Å². The van der Waals surface area contributed by atoms with Crippen molar-refractivity contribution >= 4 is 27.5 Å². The van der Waals surface area contributed by atoms with Crippen molar-refractivity contribution in [3.05, 3.63) is 95.8 Å². The molecular formula is C32H40FN3O5S. The number of sulfonamides is 1. The van der Waals surface area contributed by atoms with Crippen molar-refractivity contribution in [3.63, 3.8) is 0 Å². The van der Waals surface area contributed by atoms with E-state index in [4.69, 9.17) is 4.74 Å². The van der Waals surface area contributed by atoms with Crippen molar-refractivity contribution in [3.8, 4) is 5.75 Å². The van der Waals surface area contributed by atoms with Gasteiger partial charge in [-0.2, -0.15) is 0 Å². The third kappa shape index (κ3) is 9.30. The van der Waals surface area contributed by atoms with E-state index in [0.29, 0.717) is 17.9 Å². The van der Waals surface area contributed by atoms with Gasteiger partial charge in [-0.3, -0.25) is 13.9 Å². The number of amides is 2. The van der Waals surface area contributed by atoms with Gasteiger partial charge in [0.25, 0.3) is 0 Å². The van der Waals surface area contributed by atoms with E-state index in [1.165, 1.54) is 22.4 Å². The van der Waals surface area contributed by atoms with Crippen LogP contribution in [0.15, 0.2) is 78.9 Å². The number of rotatable bonds is 15. The Morgan fingerprint density at radius 1 is 0.976 bits per heavy atom. The third-order valence-electron chi connectivity index (χ3n) is 7.08. The summed E-state index contributed by atoms with van der Waals surface area (Å²) < 4.78 is 46.4. The summed E-state index contributed by atoms with van der Waals surface area (Å²) in [5, 5.41) is 2.99. The van der Waals surface area contributed by atoms with E-state index in [2.05, 4.69) is 5.32 Å². The number of methoxy groups -OCH3 is 1. The van der Waals surface area contributed by atoms with Crippen LogP contribution in [-0.4, -0.2) is 57.1 Å². The minimum atomic E-state index is -3.64. The number of anilines is 1. The Morgan fingerprint density at radius 3 is 2.21 bits per heavy atom. The van der Waals surface area contributed by atoms with E-state index in [-0.39, 0.29) is 55.8 Å². The fourth-order valence-electron chi connectivity index (χ4n) is 4.56. The highest BCUT2D eigenvalue weighted by Crippen LogP contribution is 2.23. The standard InChI is InChI=1S/C32H40FN3O5S/c1-5-24(2)34-32(38)30(22-25-12-7-6-8-13-25)35(23-26-14-9-10-15-29(26)33)31(37)16-11-21-36(42(4,39)40)27-17-19-28(41-3)20-18-27/h6-10,12-15,17-20,24,30H,5,11,16,21-23H2,1-4H3,(H,34,38)/t24-,30-/m1/s1.